The molecule has 0 spiro atoms. The van der Waals surface area contributed by atoms with E-state index in [1.54, 1.807) is 10.8 Å². The van der Waals surface area contributed by atoms with E-state index in [9.17, 15) is 13.6 Å². The fourth-order valence-electron chi connectivity index (χ4n) is 4.38. The van der Waals surface area contributed by atoms with Crippen LogP contribution in [-0.4, -0.2) is 67.9 Å². The van der Waals surface area contributed by atoms with Gasteiger partial charge in [0.2, 0.25) is 0 Å². The van der Waals surface area contributed by atoms with Crippen molar-refractivity contribution in [2.75, 3.05) is 33.2 Å². The molecule has 0 N–H and O–H groups in total. The van der Waals surface area contributed by atoms with Gasteiger partial charge in [-0.1, -0.05) is 12.1 Å². The molecule has 1 saturated heterocycles. The molecule has 7 nitrogen and oxygen atoms in total. The average Bonchev–Trinajstić information content (AvgIpc) is 3.29. The number of halogens is 2. The van der Waals surface area contributed by atoms with Crippen LogP contribution in [0.5, 0.6) is 0 Å². The van der Waals surface area contributed by atoms with E-state index in [-0.39, 0.29) is 12.5 Å². The summed E-state index contributed by atoms with van der Waals surface area (Å²) < 4.78 is 31.1. The maximum atomic E-state index is 14.2. The SMILES string of the molecule is Cc1nc(-c2nc(C(=O)N3CCCN(C)CC3)c3ccccn23)cn1Cc1ccc(F)cc1F. The van der Waals surface area contributed by atoms with Crippen LogP contribution in [0.2, 0.25) is 0 Å². The van der Waals surface area contributed by atoms with Crippen LogP contribution in [0.1, 0.15) is 28.3 Å². The van der Waals surface area contributed by atoms with Crippen molar-refractivity contribution < 1.29 is 13.6 Å². The zero-order chi connectivity index (χ0) is 23.8. The largest absolute Gasteiger partial charge is 0.336 e. The smallest absolute Gasteiger partial charge is 0.274 e. The molecule has 1 aliphatic rings. The molecule has 1 aliphatic heterocycles. The van der Waals surface area contributed by atoms with Gasteiger partial charge in [-0.15, -0.1) is 0 Å². The van der Waals surface area contributed by atoms with Gasteiger partial charge in [-0.25, -0.2) is 18.7 Å². The molecule has 1 fully saturated rings. The van der Waals surface area contributed by atoms with Crippen molar-refractivity contribution in [2.45, 2.75) is 19.9 Å². The molecule has 0 radical (unpaired) electrons. The number of hydrogen-bond acceptors (Lipinski definition) is 4. The zero-order valence-electron chi connectivity index (χ0n) is 19.2. The van der Waals surface area contributed by atoms with E-state index in [1.165, 1.54) is 12.1 Å². The van der Waals surface area contributed by atoms with Crippen molar-refractivity contribution in [2.24, 2.45) is 0 Å². The number of pyridine rings is 1. The van der Waals surface area contributed by atoms with Gasteiger partial charge >= 0.3 is 0 Å². The number of hydrogen-bond donors (Lipinski definition) is 0. The molecule has 1 amide bonds. The normalized spacial score (nSPS) is 15.1. The van der Waals surface area contributed by atoms with E-state index in [4.69, 9.17) is 4.98 Å². The Morgan fingerprint density at radius 3 is 2.74 bits per heavy atom. The second-order valence-electron chi connectivity index (χ2n) is 8.73. The van der Waals surface area contributed by atoms with E-state index < -0.39 is 11.6 Å². The van der Waals surface area contributed by atoms with Crippen LogP contribution in [0.3, 0.4) is 0 Å². The highest BCUT2D eigenvalue weighted by Gasteiger charge is 2.25. The molecule has 0 saturated carbocycles. The molecule has 4 aromatic rings. The lowest BCUT2D eigenvalue weighted by Crippen LogP contribution is -2.34. The highest BCUT2D eigenvalue weighted by atomic mass is 19.1. The maximum absolute atomic E-state index is 14.2. The Morgan fingerprint density at radius 2 is 1.91 bits per heavy atom. The quantitative estimate of drug-likeness (QED) is 0.463. The summed E-state index contributed by atoms with van der Waals surface area (Å²) in [5.41, 5.74) is 2.06. The predicted octanol–water partition coefficient (Wildman–Crippen LogP) is 3.61. The molecule has 5 rings (SSSR count). The molecule has 0 atom stereocenters. The third-order valence-electron chi connectivity index (χ3n) is 6.32. The minimum Gasteiger partial charge on any atom is -0.336 e. The number of fused-ring (bicyclic) bond motifs is 1. The Bertz CT molecular complexity index is 1360. The molecule has 0 bridgehead atoms. The van der Waals surface area contributed by atoms with Gasteiger partial charge in [-0.2, -0.15) is 0 Å². The van der Waals surface area contributed by atoms with Crippen molar-refractivity contribution in [1.29, 1.82) is 0 Å². The highest BCUT2D eigenvalue weighted by Crippen LogP contribution is 2.24. The summed E-state index contributed by atoms with van der Waals surface area (Å²) in [6.07, 6.45) is 4.57. The number of aromatic nitrogens is 4. The van der Waals surface area contributed by atoms with Crippen LogP contribution >= 0.6 is 0 Å². The van der Waals surface area contributed by atoms with Crippen LogP contribution in [0.25, 0.3) is 17.0 Å². The number of imidazole rings is 2. The maximum Gasteiger partial charge on any atom is 0.274 e. The van der Waals surface area contributed by atoms with E-state index >= 15 is 0 Å². The second kappa shape index (κ2) is 8.98. The van der Waals surface area contributed by atoms with Gasteiger partial charge in [-0.3, -0.25) is 9.20 Å². The Hall–Kier alpha value is -3.59. The summed E-state index contributed by atoms with van der Waals surface area (Å²) in [6, 6.07) is 9.20. The van der Waals surface area contributed by atoms with Gasteiger partial charge in [0, 0.05) is 43.7 Å². The first-order chi connectivity index (χ1) is 16.4. The minimum absolute atomic E-state index is 0.0882. The summed E-state index contributed by atoms with van der Waals surface area (Å²) >= 11 is 0. The number of carbonyl (C=O) groups is 1. The molecule has 0 aliphatic carbocycles. The first-order valence-electron chi connectivity index (χ1n) is 11.3. The molecule has 0 unspecified atom stereocenters. The Kier molecular flexibility index (Phi) is 5.87. The fourth-order valence-corrected chi connectivity index (χ4v) is 4.38. The van der Waals surface area contributed by atoms with Gasteiger partial charge in [0.15, 0.2) is 11.5 Å². The first kappa shape index (κ1) is 22.2. The Balaban J connectivity index is 1.50. The average molecular weight is 465 g/mol. The zero-order valence-corrected chi connectivity index (χ0v) is 19.2. The monoisotopic (exact) mass is 464 g/mol. The van der Waals surface area contributed by atoms with Gasteiger partial charge in [0.05, 0.1) is 12.1 Å². The van der Waals surface area contributed by atoms with Gasteiger partial charge < -0.3 is 14.4 Å². The summed E-state index contributed by atoms with van der Waals surface area (Å²) in [7, 11) is 2.06. The summed E-state index contributed by atoms with van der Waals surface area (Å²) in [4.78, 5) is 26.9. The van der Waals surface area contributed by atoms with Crippen molar-refractivity contribution in [3.8, 4) is 11.5 Å². The first-order valence-corrected chi connectivity index (χ1v) is 11.3. The van der Waals surface area contributed by atoms with Gasteiger partial charge in [0.25, 0.3) is 5.91 Å². The summed E-state index contributed by atoms with van der Waals surface area (Å²) in [6.45, 7) is 5.18. The summed E-state index contributed by atoms with van der Waals surface area (Å²) in [5.74, 6) is -0.0877. The lowest BCUT2D eigenvalue weighted by Gasteiger charge is -2.19. The molecule has 176 valence electrons. The van der Waals surface area contributed by atoms with Crippen LogP contribution in [-0.2, 0) is 6.54 Å². The predicted molar refractivity (Wildman–Crippen MR) is 125 cm³/mol. The fraction of sp³-hybridized carbons (Fsp3) is 0.320. The number of amides is 1. The second-order valence-corrected chi connectivity index (χ2v) is 8.73. The molecular weight excluding hydrogens is 438 g/mol. The number of benzene rings is 1. The van der Waals surface area contributed by atoms with Crippen LogP contribution in [0, 0.1) is 18.6 Å². The Morgan fingerprint density at radius 1 is 1.06 bits per heavy atom. The van der Waals surface area contributed by atoms with E-state index in [0.29, 0.717) is 41.7 Å². The van der Waals surface area contributed by atoms with Crippen molar-refractivity contribution in [3.05, 3.63) is 77.5 Å². The van der Waals surface area contributed by atoms with Crippen LogP contribution < -0.4 is 0 Å². The number of nitrogens with zero attached hydrogens (tertiary/aromatic N) is 6. The van der Waals surface area contributed by atoms with E-state index in [2.05, 4.69) is 16.9 Å². The molecule has 9 heteroatoms. The van der Waals surface area contributed by atoms with Crippen molar-refractivity contribution >= 4 is 11.4 Å². The minimum atomic E-state index is -0.610. The molecule has 34 heavy (non-hydrogen) atoms. The summed E-state index contributed by atoms with van der Waals surface area (Å²) in [5, 5.41) is 0. The van der Waals surface area contributed by atoms with Gasteiger partial charge in [0.1, 0.15) is 23.2 Å². The highest BCUT2D eigenvalue weighted by molar-refractivity contribution is 6.00. The number of carbonyl (C=O) groups excluding carboxylic acids is 1. The number of rotatable bonds is 4. The lowest BCUT2D eigenvalue weighted by molar-refractivity contribution is 0.0759. The lowest BCUT2D eigenvalue weighted by atomic mass is 10.2. The molecule has 1 aromatic carbocycles. The van der Waals surface area contributed by atoms with Crippen LogP contribution in [0.4, 0.5) is 8.78 Å². The van der Waals surface area contributed by atoms with Crippen molar-refractivity contribution in [3.63, 3.8) is 0 Å². The topological polar surface area (TPSA) is 58.7 Å². The van der Waals surface area contributed by atoms with Crippen molar-refractivity contribution in [1.82, 2.24) is 28.7 Å². The van der Waals surface area contributed by atoms with E-state index in [1.807, 2.05) is 40.6 Å². The third kappa shape index (κ3) is 4.19. The molecular formula is C25H26F2N6O. The number of likely N-dealkylation sites (N-methyl/N-ethyl adjacent to an activating group) is 1. The standard InChI is InChI=1S/C25H26F2N6O/c1-17-28-21(16-32(17)15-18-7-8-19(26)14-20(18)27)24-29-23(22-6-3-4-11-33(22)24)25(34)31-10-5-9-30(2)12-13-31/h3-4,6-8,11,14,16H,5,9-10,12-13,15H2,1-2H3. The van der Waals surface area contributed by atoms with E-state index in [0.717, 1.165) is 31.1 Å². The Labute approximate surface area is 196 Å². The number of aryl methyl sites for hydroxylation is 1. The molecule has 4 heterocycles. The molecule has 3 aromatic heterocycles. The van der Waals surface area contributed by atoms with Crippen LogP contribution in [0.15, 0.2) is 48.8 Å². The third-order valence-corrected chi connectivity index (χ3v) is 6.32. The van der Waals surface area contributed by atoms with Gasteiger partial charge in [-0.05, 0) is 45.1 Å².